The summed E-state index contributed by atoms with van der Waals surface area (Å²) in [4.78, 5) is 22.8. The van der Waals surface area contributed by atoms with Gasteiger partial charge in [0.05, 0.1) is 18.5 Å². The van der Waals surface area contributed by atoms with Crippen molar-refractivity contribution in [2.45, 2.75) is 32.3 Å². The van der Waals surface area contributed by atoms with Crippen LogP contribution in [0.4, 0.5) is 4.79 Å². The first kappa shape index (κ1) is 17.2. The minimum absolute atomic E-state index is 0.165. The van der Waals surface area contributed by atoms with Crippen LogP contribution < -0.4 is 4.74 Å². The lowest BCUT2D eigenvalue weighted by Crippen LogP contribution is -2.50. The molecule has 0 saturated carbocycles. The smallest absolute Gasteiger partial charge is 0.410 e. The van der Waals surface area contributed by atoms with Crippen LogP contribution in [0.15, 0.2) is 36.7 Å². The average molecular weight is 341 g/mol. The van der Waals surface area contributed by atoms with Gasteiger partial charge in [-0.3, -0.25) is 9.97 Å². The molecule has 1 aromatic carbocycles. The van der Waals surface area contributed by atoms with Crippen molar-refractivity contribution in [1.29, 1.82) is 0 Å². The third-order valence-electron chi connectivity index (χ3n) is 4.01. The minimum Gasteiger partial charge on any atom is -0.497 e. The molecule has 1 aliphatic rings. The van der Waals surface area contributed by atoms with E-state index in [0.29, 0.717) is 13.1 Å². The fourth-order valence-electron chi connectivity index (χ4n) is 2.75. The van der Waals surface area contributed by atoms with Crippen molar-refractivity contribution in [2.24, 2.45) is 0 Å². The van der Waals surface area contributed by atoms with Crippen molar-refractivity contribution in [2.75, 3.05) is 20.2 Å². The number of likely N-dealkylation sites (tertiary alicyclic amines) is 1. The number of hydrogen-bond acceptors (Lipinski definition) is 5. The maximum absolute atomic E-state index is 12.1. The topological polar surface area (TPSA) is 64.6 Å². The summed E-state index contributed by atoms with van der Waals surface area (Å²) in [5, 5.41) is 0. The third kappa shape index (κ3) is 3.90. The molecule has 0 radical (unpaired) electrons. The van der Waals surface area contributed by atoms with E-state index in [4.69, 9.17) is 9.47 Å². The normalized spacial score (nSPS) is 14.8. The van der Waals surface area contributed by atoms with Crippen molar-refractivity contribution in [1.82, 2.24) is 14.9 Å². The van der Waals surface area contributed by atoms with Crippen LogP contribution in [0.2, 0.25) is 0 Å². The van der Waals surface area contributed by atoms with Gasteiger partial charge in [-0.05, 0) is 45.0 Å². The third-order valence-corrected chi connectivity index (χ3v) is 4.01. The predicted octanol–water partition coefficient (Wildman–Crippen LogP) is 3.49. The van der Waals surface area contributed by atoms with Gasteiger partial charge in [-0.1, -0.05) is 0 Å². The standard InChI is InChI=1S/C19H23N3O3/c1-19(2,3)25-18(23)22-11-14(12-22)17-16(20-9-10-21-17)13-5-7-15(24-4)8-6-13/h5-10,14H,11-12H2,1-4H3. The predicted molar refractivity (Wildman–Crippen MR) is 94.6 cm³/mol. The zero-order valence-electron chi connectivity index (χ0n) is 15.0. The molecule has 1 fully saturated rings. The van der Waals surface area contributed by atoms with Crippen LogP contribution in [0.25, 0.3) is 11.3 Å². The summed E-state index contributed by atoms with van der Waals surface area (Å²) in [7, 11) is 1.64. The molecule has 0 aliphatic carbocycles. The maximum atomic E-state index is 12.1. The zero-order chi connectivity index (χ0) is 18.0. The molecule has 1 saturated heterocycles. The molecule has 25 heavy (non-hydrogen) atoms. The SMILES string of the molecule is COc1ccc(-c2nccnc2C2CN(C(=O)OC(C)(C)C)C2)cc1. The van der Waals surface area contributed by atoms with E-state index in [9.17, 15) is 4.79 Å². The van der Waals surface area contributed by atoms with Crippen LogP contribution in [-0.2, 0) is 4.74 Å². The van der Waals surface area contributed by atoms with Gasteiger partial charge in [-0.15, -0.1) is 0 Å². The highest BCUT2D eigenvalue weighted by Crippen LogP contribution is 2.33. The molecule has 0 bridgehead atoms. The molecule has 1 aromatic heterocycles. The molecule has 2 aromatic rings. The number of hydrogen-bond donors (Lipinski definition) is 0. The molecule has 132 valence electrons. The quantitative estimate of drug-likeness (QED) is 0.855. The van der Waals surface area contributed by atoms with E-state index in [1.165, 1.54) is 0 Å². The Bertz CT molecular complexity index is 747. The molecule has 1 amide bonds. The van der Waals surface area contributed by atoms with Gasteiger partial charge in [0, 0.05) is 37.0 Å². The number of carbonyl (C=O) groups is 1. The van der Waals surface area contributed by atoms with Gasteiger partial charge < -0.3 is 14.4 Å². The monoisotopic (exact) mass is 341 g/mol. The number of rotatable bonds is 3. The fourth-order valence-corrected chi connectivity index (χ4v) is 2.75. The van der Waals surface area contributed by atoms with Gasteiger partial charge in [0.25, 0.3) is 0 Å². The van der Waals surface area contributed by atoms with Crippen LogP contribution >= 0.6 is 0 Å². The summed E-state index contributed by atoms with van der Waals surface area (Å²) in [6.07, 6.45) is 3.10. The summed E-state index contributed by atoms with van der Waals surface area (Å²) >= 11 is 0. The molecule has 0 atom stereocenters. The summed E-state index contributed by atoms with van der Waals surface area (Å²) in [5.41, 5.74) is 2.26. The number of amides is 1. The van der Waals surface area contributed by atoms with E-state index in [1.54, 1.807) is 24.4 Å². The first-order valence-electron chi connectivity index (χ1n) is 8.30. The second kappa shape index (κ2) is 6.70. The van der Waals surface area contributed by atoms with E-state index < -0.39 is 5.60 Å². The number of methoxy groups -OCH3 is 1. The molecule has 6 nitrogen and oxygen atoms in total. The van der Waals surface area contributed by atoms with Crippen LogP contribution in [-0.4, -0.2) is 46.8 Å². The average Bonchev–Trinajstić information content (AvgIpc) is 2.52. The van der Waals surface area contributed by atoms with E-state index in [-0.39, 0.29) is 12.0 Å². The molecule has 2 heterocycles. The highest BCUT2D eigenvalue weighted by Gasteiger charge is 2.36. The van der Waals surface area contributed by atoms with Crippen molar-refractivity contribution in [3.05, 3.63) is 42.4 Å². The summed E-state index contributed by atoms with van der Waals surface area (Å²) < 4.78 is 10.6. The lowest BCUT2D eigenvalue weighted by molar-refractivity contribution is 0.00789. The van der Waals surface area contributed by atoms with Crippen molar-refractivity contribution >= 4 is 6.09 Å². The van der Waals surface area contributed by atoms with Crippen LogP contribution in [0.5, 0.6) is 5.75 Å². The number of benzene rings is 1. The molecule has 0 N–H and O–H groups in total. The summed E-state index contributed by atoms with van der Waals surface area (Å²) in [6.45, 7) is 6.79. The number of nitrogens with zero attached hydrogens (tertiary/aromatic N) is 3. The minimum atomic E-state index is -0.483. The van der Waals surface area contributed by atoms with Gasteiger partial charge in [0.1, 0.15) is 11.4 Å². The van der Waals surface area contributed by atoms with Crippen LogP contribution in [0.3, 0.4) is 0 Å². The van der Waals surface area contributed by atoms with Gasteiger partial charge >= 0.3 is 6.09 Å². The van der Waals surface area contributed by atoms with Gasteiger partial charge in [0.2, 0.25) is 0 Å². The second-order valence-electron chi connectivity index (χ2n) is 7.10. The summed E-state index contributed by atoms with van der Waals surface area (Å²) in [6, 6.07) is 7.75. The Morgan fingerprint density at radius 1 is 1.12 bits per heavy atom. The first-order valence-corrected chi connectivity index (χ1v) is 8.30. The van der Waals surface area contributed by atoms with Crippen molar-refractivity contribution in [3.8, 4) is 17.0 Å². The second-order valence-corrected chi connectivity index (χ2v) is 7.10. The Hall–Kier alpha value is -2.63. The number of carbonyl (C=O) groups excluding carboxylic acids is 1. The van der Waals surface area contributed by atoms with E-state index in [2.05, 4.69) is 9.97 Å². The molecular weight excluding hydrogens is 318 g/mol. The fraction of sp³-hybridized carbons (Fsp3) is 0.421. The Morgan fingerprint density at radius 2 is 1.76 bits per heavy atom. The molecule has 0 unspecified atom stereocenters. The van der Waals surface area contributed by atoms with E-state index in [0.717, 1.165) is 22.7 Å². The van der Waals surface area contributed by atoms with Gasteiger partial charge in [0.15, 0.2) is 0 Å². The van der Waals surface area contributed by atoms with Crippen LogP contribution in [0.1, 0.15) is 32.4 Å². The molecule has 1 aliphatic heterocycles. The van der Waals surface area contributed by atoms with E-state index in [1.807, 2.05) is 45.0 Å². The Labute approximate surface area is 147 Å². The largest absolute Gasteiger partial charge is 0.497 e. The highest BCUT2D eigenvalue weighted by molar-refractivity contribution is 5.70. The highest BCUT2D eigenvalue weighted by atomic mass is 16.6. The van der Waals surface area contributed by atoms with Crippen molar-refractivity contribution in [3.63, 3.8) is 0 Å². The number of ether oxygens (including phenoxy) is 2. The first-order chi connectivity index (χ1) is 11.9. The molecule has 0 spiro atoms. The Balaban J connectivity index is 1.73. The van der Waals surface area contributed by atoms with Gasteiger partial charge in [-0.25, -0.2) is 4.79 Å². The Kier molecular flexibility index (Phi) is 4.61. The zero-order valence-corrected chi connectivity index (χ0v) is 15.0. The molecular formula is C19H23N3O3. The Morgan fingerprint density at radius 3 is 2.36 bits per heavy atom. The van der Waals surface area contributed by atoms with Gasteiger partial charge in [-0.2, -0.15) is 0 Å². The molecule has 3 rings (SSSR count). The maximum Gasteiger partial charge on any atom is 0.410 e. The number of aromatic nitrogens is 2. The summed E-state index contributed by atoms with van der Waals surface area (Å²) in [5.74, 6) is 0.965. The van der Waals surface area contributed by atoms with Crippen molar-refractivity contribution < 1.29 is 14.3 Å². The lowest BCUT2D eigenvalue weighted by Gasteiger charge is -2.39. The lowest BCUT2D eigenvalue weighted by atomic mass is 9.93. The van der Waals surface area contributed by atoms with Crippen LogP contribution in [0, 0.1) is 0 Å². The van der Waals surface area contributed by atoms with E-state index >= 15 is 0 Å². The molecule has 6 heteroatoms.